The van der Waals surface area contributed by atoms with Gasteiger partial charge in [0.05, 0.1) is 18.2 Å². The van der Waals surface area contributed by atoms with Crippen LogP contribution in [0, 0.1) is 0 Å². The second-order valence-electron chi connectivity index (χ2n) is 6.39. The van der Waals surface area contributed by atoms with E-state index < -0.39 is 17.9 Å². The van der Waals surface area contributed by atoms with Gasteiger partial charge in [0.15, 0.2) is 0 Å². The van der Waals surface area contributed by atoms with Crippen LogP contribution in [0.15, 0.2) is 48.5 Å². The number of rotatable bonds is 8. The quantitative estimate of drug-likeness (QED) is 0.692. The molecule has 0 aliphatic carbocycles. The van der Waals surface area contributed by atoms with Crippen LogP contribution in [0.4, 0.5) is 0 Å². The third kappa shape index (κ3) is 4.04. The minimum Gasteiger partial charge on any atom is -0.497 e. The fourth-order valence-electron chi connectivity index (χ4n) is 3.15. The summed E-state index contributed by atoms with van der Waals surface area (Å²) in [6.07, 6.45) is 2.33. The van der Waals surface area contributed by atoms with Gasteiger partial charge < -0.3 is 10.1 Å². The number of carbonyl (C=O) groups excluding carboxylic acids is 3. The first kappa shape index (κ1) is 19.9. The molecule has 1 atom stereocenters. The normalized spacial score (nSPS) is 14.0. The topological polar surface area (TPSA) is 75.7 Å². The van der Waals surface area contributed by atoms with Gasteiger partial charge in [-0.05, 0) is 48.3 Å². The number of amides is 3. The lowest BCUT2D eigenvalue weighted by molar-refractivity contribution is -0.125. The Kier molecular flexibility index (Phi) is 6.36. The zero-order chi connectivity index (χ0) is 20.1. The van der Waals surface area contributed by atoms with Gasteiger partial charge in [0, 0.05) is 6.54 Å². The van der Waals surface area contributed by atoms with Crippen molar-refractivity contribution in [3.05, 3.63) is 65.2 Å². The van der Waals surface area contributed by atoms with Crippen molar-refractivity contribution in [2.24, 2.45) is 0 Å². The molecule has 7 heteroatoms. The summed E-state index contributed by atoms with van der Waals surface area (Å²) in [4.78, 5) is 39.5. The van der Waals surface area contributed by atoms with Crippen molar-refractivity contribution in [3.8, 4) is 5.75 Å². The van der Waals surface area contributed by atoms with Crippen molar-refractivity contribution < 1.29 is 19.1 Å². The zero-order valence-corrected chi connectivity index (χ0v) is 16.6. The van der Waals surface area contributed by atoms with E-state index in [0.717, 1.165) is 16.2 Å². The van der Waals surface area contributed by atoms with Gasteiger partial charge in [-0.1, -0.05) is 24.3 Å². The number of hydrogen-bond acceptors (Lipinski definition) is 5. The highest BCUT2D eigenvalue weighted by Crippen LogP contribution is 2.26. The molecule has 1 unspecified atom stereocenters. The van der Waals surface area contributed by atoms with E-state index in [2.05, 4.69) is 5.32 Å². The lowest BCUT2D eigenvalue weighted by atomic mass is 10.1. The number of thioether (sulfide) groups is 1. The Morgan fingerprint density at radius 2 is 1.68 bits per heavy atom. The lowest BCUT2D eigenvalue weighted by Gasteiger charge is -2.25. The van der Waals surface area contributed by atoms with Crippen LogP contribution in [0.5, 0.6) is 5.75 Å². The molecule has 2 aromatic rings. The molecule has 1 aliphatic heterocycles. The van der Waals surface area contributed by atoms with Crippen molar-refractivity contribution >= 4 is 29.5 Å². The molecule has 0 radical (unpaired) electrons. The Hall–Kier alpha value is -2.80. The number of hydrogen-bond donors (Lipinski definition) is 1. The van der Waals surface area contributed by atoms with Crippen LogP contribution < -0.4 is 10.1 Å². The molecule has 1 N–H and O–H groups in total. The first-order valence-corrected chi connectivity index (χ1v) is 10.3. The lowest BCUT2D eigenvalue weighted by Crippen LogP contribution is -2.49. The maximum atomic E-state index is 12.9. The molecule has 0 fully saturated rings. The van der Waals surface area contributed by atoms with Crippen molar-refractivity contribution in [2.75, 3.05) is 19.1 Å². The van der Waals surface area contributed by atoms with Gasteiger partial charge in [-0.25, -0.2) is 0 Å². The third-order valence-corrected chi connectivity index (χ3v) is 5.30. The molecule has 0 spiro atoms. The largest absolute Gasteiger partial charge is 0.497 e. The fraction of sp³-hybridized carbons (Fsp3) is 0.286. The van der Waals surface area contributed by atoms with E-state index in [-0.39, 0.29) is 5.91 Å². The monoisotopic (exact) mass is 398 g/mol. The highest BCUT2D eigenvalue weighted by atomic mass is 32.2. The maximum absolute atomic E-state index is 12.9. The van der Waals surface area contributed by atoms with E-state index >= 15 is 0 Å². The van der Waals surface area contributed by atoms with Crippen LogP contribution in [-0.4, -0.2) is 47.8 Å². The molecule has 0 saturated heterocycles. The number of fused-ring (bicyclic) bond motifs is 1. The summed E-state index contributed by atoms with van der Waals surface area (Å²) in [5, 5.41) is 2.86. The first-order chi connectivity index (χ1) is 13.6. The Morgan fingerprint density at radius 1 is 1.07 bits per heavy atom. The van der Waals surface area contributed by atoms with Crippen molar-refractivity contribution in [1.82, 2.24) is 10.2 Å². The summed E-state index contributed by atoms with van der Waals surface area (Å²) >= 11 is 1.57. The van der Waals surface area contributed by atoms with Crippen LogP contribution in [-0.2, 0) is 11.3 Å². The molecular formula is C21H22N2O4S. The minimum absolute atomic E-state index is 0.307. The Balaban J connectivity index is 1.75. The Labute approximate surface area is 168 Å². The van der Waals surface area contributed by atoms with Crippen LogP contribution in [0.1, 0.15) is 32.7 Å². The maximum Gasteiger partial charge on any atom is 0.262 e. The average molecular weight is 398 g/mol. The molecule has 3 rings (SSSR count). The van der Waals surface area contributed by atoms with Crippen LogP contribution in [0.3, 0.4) is 0 Å². The summed E-state index contributed by atoms with van der Waals surface area (Å²) in [5.41, 5.74) is 1.61. The SMILES string of the molecule is COc1ccc(CNC(=O)C(CCSC)N2C(=O)c3ccccc3C2=O)cc1. The molecule has 0 bridgehead atoms. The van der Waals surface area contributed by atoms with E-state index in [9.17, 15) is 14.4 Å². The minimum atomic E-state index is -0.835. The van der Waals surface area contributed by atoms with Gasteiger partial charge in [0.25, 0.3) is 11.8 Å². The van der Waals surface area contributed by atoms with Crippen molar-refractivity contribution in [1.29, 1.82) is 0 Å². The third-order valence-electron chi connectivity index (χ3n) is 4.66. The smallest absolute Gasteiger partial charge is 0.262 e. The van der Waals surface area contributed by atoms with Gasteiger partial charge in [-0.3, -0.25) is 19.3 Å². The number of nitrogens with zero attached hydrogens (tertiary/aromatic N) is 1. The number of nitrogens with one attached hydrogen (secondary N) is 1. The number of ether oxygens (including phenoxy) is 1. The molecular weight excluding hydrogens is 376 g/mol. The summed E-state index contributed by atoms with van der Waals surface area (Å²) in [7, 11) is 1.59. The standard InChI is InChI=1S/C21H22N2O4S/c1-27-15-9-7-14(8-10-15)13-22-19(24)18(11-12-28-2)23-20(25)16-5-3-4-6-17(16)21(23)26/h3-10,18H,11-13H2,1-2H3,(H,22,24). The predicted molar refractivity (Wildman–Crippen MR) is 109 cm³/mol. The van der Waals surface area contributed by atoms with Gasteiger partial charge in [-0.2, -0.15) is 11.8 Å². The van der Waals surface area contributed by atoms with E-state index in [1.165, 1.54) is 0 Å². The Bertz CT molecular complexity index is 847. The highest BCUT2D eigenvalue weighted by Gasteiger charge is 2.42. The van der Waals surface area contributed by atoms with Crippen LogP contribution in [0.2, 0.25) is 0 Å². The van der Waals surface area contributed by atoms with Gasteiger partial charge in [0.1, 0.15) is 11.8 Å². The summed E-state index contributed by atoms with van der Waals surface area (Å²) < 4.78 is 5.13. The first-order valence-electron chi connectivity index (χ1n) is 8.93. The second kappa shape index (κ2) is 8.93. The van der Waals surface area contributed by atoms with Gasteiger partial charge >= 0.3 is 0 Å². The predicted octanol–water partition coefficient (Wildman–Crippen LogP) is 2.73. The van der Waals surface area contributed by atoms with E-state index in [1.807, 2.05) is 30.5 Å². The van der Waals surface area contributed by atoms with E-state index in [4.69, 9.17) is 4.74 Å². The number of imide groups is 1. The molecule has 0 aromatic heterocycles. The number of carbonyl (C=O) groups is 3. The van der Waals surface area contributed by atoms with E-state index in [0.29, 0.717) is 29.8 Å². The molecule has 1 heterocycles. The van der Waals surface area contributed by atoms with E-state index in [1.54, 1.807) is 43.1 Å². The second-order valence-corrected chi connectivity index (χ2v) is 7.37. The molecule has 0 saturated carbocycles. The molecule has 6 nitrogen and oxygen atoms in total. The molecule has 146 valence electrons. The van der Waals surface area contributed by atoms with Crippen LogP contribution in [0.25, 0.3) is 0 Å². The summed E-state index contributed by atoms with van der Waals surface area (Å²) in [6.45, 7) is 0.307. The van der Waals surface area contributed by atoms with Crippen molar-refractivity contribution in [2.45, 2.75) is 19.0 Å². The zero-order valence-electron chi connectivity index (χ0n) is 15.8. The van der Waals surface area contributed by atoms with Gasteiger partial charge in [-0.15, -0.1) is 0 Å². The summed E-state index contributed by atoms with van der Waals surface area (Å²) in [6, 6.07) is 13.2. The number of benzene rings is 2. The molecule has 28 heavy (non-hydrogen) atoms. The molecule has 1 aliphatic rings. The average Bonchev–Trinajstić information content (AvgIpc) is 2.98. The molecule has 2 aromatic carbocycles. The summed E-state index contributed by atoms with van der Waals surface area (Å²) in [5.74, 6) is 0.240. The Morgan fingerprint density at radius 3 is 2.21 bits per heavy atom. The number of methoxy groups -OCH3 is 1. The fourth-order valence-corrected chi connectivity index (χ4v) is 3.61. The van der Waals surface area contributed by atoms with Crippen LogP contribution >= 0.6 is 11.8 Å². The van der Waals surface area contributed by atoms with Crippen molar-refractivity contribution in [3.63, 3.8) is 0 Å². The highest BCUT2D eigenvalue weighted by molar-refractivity contribution is 7.98. The van der Waals surface area contributed by atoms with Gasteiger partial charge in [0.2, 0.25) is 5.91 Å². The molecule has 3 amide bonds.